The molecule has 5 heteroatoms. The van der Waals surface area contributed by atoms with Gasteiger partial charge in [-0.15, -0.1) is 12.4 Å². The van der Waals surface area contributed by atoms with Gasteiger partial charge in [-0.1, -0.05) is 18.2 Å². The summed E-state index contributed by atoms with van der Waals surface area (Å²) in [6.45, 7) is 0. The fraction of sp³-hybridized carbons (Fsp3) is 0. The van der Waals surface area contributed by atoms with Gasteiger partial charge in [0.2, 0.25) is 0 Å². The summed E-state index contributed by atoms with van der Waals surface area (Å²) in [6.07, 6.45) is 1.57. The molecule has 0 atom stereocenters. The van der Waals surface area contributed by atoms with Crippen LogP contribution in [-0.2, 0) is 0 Å². The summed E-state index contributed by atoms with van der Waals surface area (Å²) in [5.74, 6) is 0. The second-order valence-electron chi connectivity index (χ2n) is 2.79. The Balaban J connectivity index is 0.000000980. The Bertz CT molecular complexity index is 431. The van der Waals surface area contributed by atoms with E-state index >= 15 is 0 Å². The second kappa shape index (κ2) is 4.42. The predicted octanol–water partition coefficient (Wildman–Crippen LogP) is 0.336. The highest BCUT2D eigenvalue weighted by atomic mass is 35.5. The Labute approximate surface area is 88.0 Å². The summed E-state index contributed by atoms with van der Waals surface area (Å²) >= 11 is 0. The lowest BCUT2D eigenvalue weighted by molar-refractivity contribution is 0.426. The molecule has 72 valence electrons. The smallest absolute Gasteiger partial charge is 0.423 e. The zero-order valence-electron chi connectivity index (χ0n) is 7.29. The Kier molecular flexibility index (Phi) is 3.46. The largest absolute Gasteiger partial charge is 0.489 e. The second-order valence-corrected chi connectivity index (χ2v) is 2.79. The van der Waals surface area contributed by atoms with Crippen LogP contribution < -0.4 is 5.46 Å². The van der Waals surface area contributed by atoms with Crippen molar-refractivity contribution in [2.24, 2.45) is 0 Å². The average molecular weight is 209 g/mol. The first-order valence-corrected chi connectivity index (χ1v) is 3.99. The van der Waals surface area contributed by atoms with Crippen molar-refractivity contribution in [3.63, 3.8) is 0 Å². The zero-order valence-corrected chi connectivity index (χ0v) is 8.11. The van der Waals surface area contributed by atoms with Crippen molar-refractivity contribution in [1.29, 1.82) is 0 Å². The van der Waals surface area contributed by atoms with Gasteiger partial charge >= 0.3 is 7.12 Å². The molecule has 0 aliphatic carbocycles. The molecule has 0 saturated heterocycles. The summed E-state index contributed by atoms with van der Waals surface area (Å²) in [6, 6.07) is 8.96. The van der Waals surface area contributed by atoms with E-state index in [-0.39, 0.29) is 12.4 Å². The van der Waals surface area contributed by atoms with Crippen molar-refractivity contribution in [1.82, 2.24) is 4.98 Å². The van der Waals surface area contributed by atoms with Gasteiger partial charge in [0, 0.05) is 6.20 Å². The fourth-order valence-electron chi connectivity index (χ4n) is 1.34. The van der Waals surface area contributed by atoms with Crippen LogP contribution in [0.15, 0.2) is 36.5 Å². The number of pyridine rings is 1. The number of halogens is 1. The molecule has 14 heavy (non-hydrogen) atoms. The molecule has 0 radical (unpaired) electrons. The molecule has 1 heterocycles. The van der Waals surface area contributed by atoms with Crippen LogP contribution in [0.3, 0.4) is 0 Å². The SMILES string of the molecule is Cl.OB(O)c1ccnc2ccccc12. The van der Waals surface area contributed by atoms with Gasteiger partial charge in [0.15, 0.2) is 0 Å². The summed E-state index contributed by atoms with van der Waals surface area (Å²) in [7, 11) is -1.44. The Morgan fingerprint density at radius 2 is 1.79 bits per heavy atom. The number of rotatable bonds is 1. The van der Waals surface area contributed by atoms with Crippen LogP contribution in [-0.4, -0.2) is 22.2 Å². The van der Waals surface area contributed by atoms with E-state index in [2.05, 4.69) is 4.98 Å². The molecule has 0 saturated carbocycles. The van der Waals surface area contributed by atoms with Gasteiger partial charge in [-0.25, -0.2) is 0 Å². The van der Waals surface area contributed by atoms with Gasteiger partial charge in [-0.3, -0.25) is 4.98 Å². The summed E-state index contributed by atoms with van der Waals surface area (Å²) in [5.41, 5.74) is 1.26. The standard InChI is InChI=1S/C9H8BNO2.ClH/c12-10(13)8-5-6-11-9-4-2-1-3-7(8)9;/h1-6,12-13H;1H. The molecule has 2 N–H and O–H groups in total. The first kappa shape index (κ1) is 11.0. The van der Waals surface area contributed by atoms with E-state index in [0.29, 0.717) is 5.46 Å². The lowest BCUT2D eigenvalue weighted by Gasteiger charge is -2.03. The summed E-state index contributed by atoms with van der Waals surface area (Å²) in [5, 5.41) is 18.9. The van der Waals surface area contributed by atoms with Gasteiger partial charge in [0.1, 0.15) is 0 Å². The maximum atomic E-state index is 9.05. The Morgan fingerprint density at radius 3 is 2.50 bits per heavy atom. The van der Waals surface area contributed by atoms with Crippen LogP contribution in [0.25, 0.3) is 10.9 Å². The number of hydrogen-bond acceptors (Lipinski definition) is 3. The third-order valence-corrected chi connectivity index (χ3v) is 1.96. The molecule has 0 spiro atoms. The van der Waals surface area contributed by atoms with Gasteiger partial charge in [-0.05, 0) is 23.0 Å². The molecule has 0 amide bonds. The minimum atomic E-state index is -1.44. The van der Waals surface area contributed by atoms with Gasteiger partial charge < -0.3 is 10.0 Å². The number of hydrogen-bond donors (Lipinski definition) is 2. The lowest BCUT2D eigenvalue weighted by atomic mass is 9.78. The van der Waals surface area contributed by atoms with E-state index in [0.717, 1.165) is 10.9 Å². The fourth-order valence-corrected chi connectivity index (χ4v) is 1.34. The number of benzene rings is 1. The highest BCUT2D eigenvalue weighted by molar-refractivity contribution is 6.61. The summed E-state index contributed by atoms with van der Waals surface area (Å²) < 4.78 is 0. The third-order valence-electron chi connectivity index (χ3n) is 1.96. The van der Waals surface area contributed by atoms with Gasteiger partial charge in [-0.2, -0.15) is 0 Å². The third kappa shape index (κ3) is 1.87. The molecule has 0 unspecified atom stereocenters. The average Bonchev–Trinajstić information content (AvgIpc) is 2.17. The predicted molar refractivity (Wildman–Crippen MR) is 58.8 cm³/mol. The topological polar surface area (TPSA) is 53.4 Å². The van der Waals surface area contributed by atoms with Crippen LogP contribution in [0.1, 0.15) is 0 Å². The molecule has 1 aromatic heterocycles. The van der Waals surface area contributed by atoms with E-state index < -0.39 is 7.12 Å². The van der Waals surface area contributed by atoms with Crippen LogP contribution in [0.2, 0.25) is 0 Å². The molecule has 0 aliphatic rings. The van der Waals surface area contributed by atoms with E-state index in [1.807, 2.05) is 24.3 Å². The maximum Gasteiger partial charge on any atom is 0.489 e. The van der Waals surface area contributed by atoms with Crippen molar-refractivity contribution in [3.8, 4) is 0 Å². The molecular formula is C9H9BClNO2. The van der Waals surface area contributed by atoms with Crippen LogP contribution in [0.4, 0.5) is 0 Å². The van der Waals surface area contributed by atoms with Crippen molar-refractivity contribution < 1.29 is 10.0 Å². The van der Waals surface area contributed by atoms with E-state index in [1.54, 1.807) is 12.3 Å². The number of fused-ring (bicyclic) bond motifs is 1. The highest BCUT2D eigenvalue weighted by Gasteiger charge is 2.13. The number of para-hydroxylation sites is 1. The zero-order chi connectivity index (χ0) is 9.26. The normalized spacial score (nSPS) is 9.57. The molecule has 0 aliphatic heterocycles. The van der Waals surface area contributed by atoms with E-state index in [1.165, 1.54) is 0 Å². The van der Waals surface area contributed by atoms with Crippen molar-refractivity contribution in [2.45, 2.75) is 0 Å². The lowest BCUT2D eigenvalue weighted by Crippen LogP contribution is -2.30. The molecule has 2 aromatic rings. The van der Waals surface area contributed by atoms with Gasteiger partial charge in [0.05, 0.1) is 5.52 Å². The van der Waals surface area contributed by atoms with Gasteiger partial charge in [0.25, 0.3) is 0 Å². The van der Waals surface area contributed by atoms with E-state index in [9.17, 15) is 0 Å². The van der Waals surface area contributed by atoms with Crippen molar-refractivity contribution >= 4 is 35.9 Å². The first-order valence-electron chi connectivity index (χ1n) is 3.99. The molecule has 0 fully saturated rings. The van der Waals surface area contributed by atoms with Crippen LogP contribution >= 0.6 is 12.4 Å². The molecular weight excluding hydrogens is 200 g/mol. The number of aromatic nitrogens is 1. The Hall–Kier alpha value is -1.10. The maximum absolute atomic E-state index is 9.05. The van der Waals surface area contributed by atoms with Crippen molar-refractivity contribution in [3.05, 3.63) is 36.5 Å². The quantitative estimate of drug-likeness (QED) is 0.666. The monoisotopic (exact) mass is 209 g/mol. The first-order chi connectivity index (χ1) is 6.29. The minimum Gasteiger partial charge on any atom is -0.423 e. The van der Waals surface area contributed by atoms with Crippen molar-refractivity contribution in [2.75, 3.05) is 0 Å². The van der Waals surface area contributed by atoms with E-state index in [4.69, 9.17) is 10.0 Å². The van der Waals surface area contributed by atoms with Crippen LogP contribution in [0, 0.1) is 0 Å². The molecule has 1 aromatic carbocycles. The minimum absolute atomic E-state index is 0. The molecule has 2 rings (SSSR count). The summed E-state index contributed by atoms with van der Waals surface area (Å²) in [4.78, 5) is 4.10. The Morgan fingerprint density at radius 1 is 1.07 bits per heavy atom. The molecule has 3 nitrogen and oxygen atoms in total. The molecule has 0 bridgehead atoms. The number of nitrogens with zero attached hydrogens (tertiary/aromatic N) is 1. The van der Waals surface area contributed by atoms with Crippen LogP contribution in [0.5, 0.6) is 0 Å². The highest BCUT2D eigenvalue weighted by Crippen LogP contribution is 2.07.